The van der Waals surface area contributed by atoms with Crippen molar-refractivity contribution >= 4 is 16.0 Å². The van der Waals surface area contributed by atoms with Crippen molar-refractivity contribution in [1.29, 1.82) is 0 Å². The molecule has 0 heterocycles. The monoisotopic (exact) mass is 375 g/mol. The maximum atomic E-state index is 12.7. The Kier molecular flexibility index (Phi) is 6.80. The maximum absolute atomic E-state index is 12.7. The van der Waals surface area contributed by atoms with Gasteiger partial charge in [0.1, 0.15) is 5.75 Å². The van der Waals surface area contributed by atoms with E-state index in [2.05, 4.69) is 0 Å². The Hall–Kier alpha value is -2.34. The topological polar surface area (TPSA) is 63.7 Å². The summed E-state index contributed by atoms with van der Waals surface area (Å²) >= 11 is 0. The van der Waals surface area contributed by atoms with E-state index in [0.717, 1.165) is 11.1 Å². The molecule has 0 radical (unpaired) electrons. The number of carbonyl (C=O) groups is 1. The minimum absolute atomic E-state index is 0.0556. The van der Waals surface area contributed by atoms with Gasteiger partial charge in [0.2, 0.25) is 5.91 Å². The fourth-order valence-electron chi connectivity index (χ4n) is 2.48. The van der Waals surface area contributed by atoms with Crippen molar-refractivity contribution in [2.45, 2.75) is 39.8 Å². The lowest BCUT2D eigenvalue weighted by atomic mass is 10.1. The molecule has 2 aromatic rings. The molecule has 0 aromatic heterocycles. The summed E-state index contributed by atoms with van der Waals surface area (Å²) < 4.78 is 28.0. The number of nitrogens with zero attached hydrogens (tertiary/aromatic N) is 1. The third kappa shape index (κ3) is 5.88. The number of amides is 1. The van der Waals surface area contributed by atoms with Gasteiger partial charge in [-0.05, 0) is 44.0 Å². The standard InChI is InChI=1S/C20H25NO4S/c1-4-26(23,24)25-19-12-10-18(11-13-19)15-21(16(2)3)20(22)14-17-8-6-5-7-9-17/h5-13,16H,4,14-15H2,1-3H3. The number of carbonyl (C=O) groups excluding carboxylic acids is 1. The molecule has 26 heavy (non-hydrogen) atoms. The molecule has 0 bridgehead atoms. The lowest BCUT2D eigenvalue weighted by molar-refractivity contribution is -0.132. The molecule has 0 aliphatic rings. The zero-order chi connectivity index (χ0) is 19.2. The Morgan fingerprint density at radius 1 is 1.00 bits per heavy atom. The fourth-order valence-corrected chi connectivity index (χ4v) is 3.01. The first-order valence-corrected chi connectivity index (χ1v) is 10.2. The van der Waals surface area contributed by atoms with Crippen LogP contribution in [0, 0.1) is 0 Å². The SMILES string of the molecule is CCS(=O)(=O)Oc1ccc(CN(C(=O)Cc2ccccc2)C(C)C)cc1. The van der Waals surface area contributed by atoms with E-state index >= 15 is 0 Å². The summed E-state index contributed by atoms with van der Waals surface area (Å²) in [4.78, 5) is 14.5. The first kappa shape index (κ1) is 20.0. The molecule has 2 aromatic carbocycles. The highest BCUT2D eigenvalue weighted by atomic mass is 32.2. The van der Waals surface area contributed by atoms with Crippen molar-refractivity contribution in [3.8, 4) is 5.75 Å². The minimum Gasteiger partial charge on any atom is -0.382 e. The van der Waals surface area contributed by atoms with Crippen LogP contribution < -0.4 is 4.18 Å². The Morgan fingerprint density at radius 2 is 1.62 bits per heavy atom. The van der Waals surface area contributed by atoms with Gasteiger partial charge in [0.25, 0.3) is 0 Å². The molecule has 0 saturated carbocycles. The average molecular weight is 375 g/mol. The van der Waals surface area contributed by atoms with Crippen molar-refractivity contribution < 1.29 is 17.4 Å². The van der Waals surface area contributed by atoms with Crippen LogP contribution in [0.3, 0.4) is 0 Å². The van der Waals surface area contributed by atoms with Crippen LogP contribution in [-0.2, 0) is 27.9 Å². The number of hydrogen-bond donors (Lipinski definition) is 0. The molecule has 6 heteroatoms. The van der Waals surface area contributed by atoms with Gasteiger partial charge in [-0.25, -0.2) is 0 Å². The Morgan fingerprint density at radius 3 is 2.15 bits per heavy atom. The molecule has 0 aliphatic heterocycles. The summed E-state index contributed by atoms with van der Waals surface area (Å²) in [6, 6.07) is 16.5. The van der Waals surface area contributed by atoms with Crippen molar-refractivity contribution in [1.82, 2.24) is 4.90 Å². The first-order valence-electron chi connectivity index (χ1n) is 8.65. The summed E-state index contributed by atoms with van der Waals surface area (Å²) in [7, 11) is -3.53. The van der Waals surface area contributed by atoms with Gasteiger partial charge >= 0.3 is 10.1 Å². The molecule has 1 amide bonds. The normalized spacial score (nSPS) is 11.4. The molecular formula is C20H25NO4S. The van der Waals surface area contributed by atoms with E-state index in [1.165, 1.54) is 6.92 Å². The van der Waals surface area contributed by atoms with Crippen LogP contribution in [0.5, 0.6) is 5.75 Å². The van der Waals surface area contributed by atoms with Gasteiger partial charge < -0.3 is 9.08 Å². The van der Waals surface area contributed by atoms with E-state index < -0.39 is 10.1 Å². The summed E-state index contributed by atoms with van der Waals surface area (Å²) in [6.07, 6.45) is 0.356. The first-order chi connectivity index (χ1) is 12.3. The van der Waals surface area contributed by atoms with Crippen LogP contribution in [0.25, 0.3) is 0 Å². The van der Waals surface area contributed by atoms with Gasteiger partial charge in [-0.2, -0.15) is 8.42 Å². The highest BCUT2D eigenvalue weighted by Crippen LogP contribution is 2.17. The van der Waals surface area contributed by atoms with Gasteiger partial charge in [-0.15, -0.1) is 0 Å². The van der Waals surface area contributed by atoms with E-state index in [1.54, 1.807) is 24.3 Å². The van der Waals surface area contributed by atoms with Crippen LogP contribution in [0.15, 0.2) is 54.6 Å². The lowest BCUT2D eigenvalue weighted by Gasteiger charge is -2.27. The van der Waals surface area contributed by atoms with Crippen molar-refractivity contribution in [2.75, 3.05) is 5.75 Å². The Labute approximate surface area is 155 Å². The molecular weight excluding hydrogens is 350 g/mol. The molecule has 2 rings (SSSR count). The smallest absolute Gasteiger partial charge is 0.308 e. The quantitative estimate of drug-likeness (QED) is 0.664. The molecule has 0 atom stereocenters. The highest BCUT2D eigenvalue weighted by Gasteiger charge is 2.18. The summed E-state index contributed by atoms with van der Waals surface area (Å²) in [6.45, 7) is 5.95. The fraction of sp³-hybridized carbons (Fsp3) is 0.350. The van der Waals surface area contributed by atoms with Crippen molar-refractivity contribution in [3.63, 3.8) is 0 Å². The minimum atomic E-state index is -3.53. The third-order valence-corrected chi connectivity index (χ3v) is 5.15. The van der Waals surface area contributed by atoms with Crippen LogP contribution in [0.4, 0.5) is 0 Å². The molecule has 5 nitrogen and oxygen atoms in total. The van der Waals surface area contributed by atoms with Crippen LogP contribution in [0.2, 0.25) is 0 Å². The van der Waals surface area contributed by atoms with Crippen LogP contribution in [0.1, 0.15) is 31.9 Å². The molecule has 0 fully saturated rings. The van der Waals surface area contributed by atoms with Crippen molar-refractivity contribution in [2.24, 2.45) is 0 Å². The van der Waals surface area contributed by atoms with E-state index in [0.29, 0.717) is 13.0 Å². The van der Waals surface area contributed by atoms with Gasteiger partial charge in [-0.3, -0.25) is 4.79 Å². The highest BCUT2D eigenvalue weighted by molar-refractivity contribution is 7.87. The molecule has 0 spiro atoms. The van der Waals surface area contributed by atoms with Gasteiger partial charge in [-0.1, -0.05) is 42.5 Å². The predicted octanol–water partition coefficient (Wildman–Crippen LogP) is 3.39. The van der Waals surface area contributed by atoms with Gasteiger partial charge in [0.15, 0.2) is 0 Å². The number of benzene rings is 2. The number of rotatable bonds is 8. The van der Waals surface area contributed by atoms with E-state index in [1.807, 2.05) is 49.1 Å². The van der Waals surface area contributed by atoms with Gasteiger partial charge in [0.05, 0.1) is 12.2 Å². The summed E-state index contributed by atoms with van der Waals surface area (Å²) in [5, 5.41) is 0. The zero-order valence-corrected chi connectivity index (χ0v) is 16.2. The second-order valence-corrected chi connectivity index (χ2v) is 8.21. The van der Waals surface area contributed by atoms with Gasteiger partial charge in [0, 0.05) is 12.6 Å². The van der Waals surface area contributed by atoms with Crippen LogP contribution >= 0.6 is 0 Å². The summed E-state index contributed by atoms with van der Waals surface area (Å²) in [5.41, 5.74) is 1.90. The van der Waals surface area contributed by atoms with E-state index in [4.69, 9.17) is 4.18 Å². The lowest BCUT2D eigenvalue weighted by Crippen LogP contribution is -2.37. The molecule has 0 N–H and O–H groups in total. The Bertz CT molecular complexity index is 815. The molecule has 0 aliphatic carbocycles. The molecule has 140 valence electrons. The van der Waals surface area contributed by atoms with Crippen LogP contribution in [-0.4, -0.2) is 31.0 Å². The zero-order valence-electron chi connectivity index (χ0n) is 15.4. The predicted molar refractivity (Wildman–Crippen MR) is 102 cm³/mol. The number of hydrogen-bond acceptors (Lipinski definition) is 4. The molecule has 0 unspecified atom stereocenters. The summed E-state index contributed by atoms with van der Waals surface area (Å²) in [5.74, 6) is 0.256. The second-order valence-electron chi connectivity index (χ2n) is 6.35. The Balaban J connectivity index is 2.06. The second kappa shape index (κ2) is 8.85. The van der Waals surface area contributed by atoms with E-state index in [-0.39, 0.29) is 23.5 Å². The average Bonchev–Trinajstić information content (AvgIpc) is 2.61. The van der Waals surface area contributed by atoms with Crippen molar-refractivity contribution in [3.05, 3.63) is 65.7 Å². The maximum Gasteiger partial charge on any atom is 0.308 e. The largest absolute Gasteiger partial charge is 0.382 e. The molecule has 0 saturated heterocycles. The third-order valence-electron chi connectivity index (χ3n) is 3.99. The van der Waals surface area contributed by atoms with E-state index in [9.17, 15) is 13.2 Å².